The van der Waals surface area contributed by atoms with Gasteiger partial charge in [-0.3, -0.25) is 14.5 Å². The number of nitrogens with zero attached hydrogens (tertiary/aromatic N) is 3. The number of amides is 2. The minimum Gasteiger partial charge on any atom is -0.339 e. The number of carbonyl (C=O) groups is 2. The van der Waals surface area contributed by atoms with Crippen molar-refractivity contribution in [2.24, 2.45) is 0 Å². The van der Waals surface area contributed by atoms with Crippen LogP contribution in [-0.2, 0) is 4.79 Å². The van der Waals surface area contributed by atoms with Gasteiger partial charge in [0.1, 0.15) is 6.04 Å². The quantitative estimate of drug-likeness (QED) is 0.870. The molecule has 6 nitrogen and oxygen atoms in total. The summed E-state index contributed by atoms with van der Waals surface area (Å²) in [6, 6.07) is 9.50. The number of carbonyl (C=O) groups excluding carboxylic acids is 2. The Hall–Kier alpha value is -1.92. The molecule has 3 saturated heterocycles. The van der Waals surface area contributed by atoms with E-state index < -0.39 is 0 Å². The Bertz CT molecular complexity index is 644. The van der Waals surface area contributed by atoms with Gasteiger partial charge in [0.15, 0.2) is 0 Å². The fourth-order valence-corrected chi connectivity index (χ4v) is 4.51. The molecule has 3 aliphatic heterocycles. The van der Waals surface area contributed by atoms with Gasteiger partial charge in [0.2, 0.25) is 5.91 Å². The molecule has 0 aliphatic carbocycles. The number of rotatable bonds is 3. The summed E-state index contributed by atoms with van der Waals surface area (Å²) < 4.78 is 0. The van der Waals surface area contributed by atoms with Crippen LogP contribution in [0.1, 0.15) is 29.6 Å². The van der Waals surface area contributed by atoms with E-state index in [-0.39, 0.29) is 17.9 Å². The molecule has 0 aromatic heterocycles. The van der Waals surface area contributed by atoms with Crippen molar-refractivity contribution in [1.82, 2.24) is 20.0 Å². The van der Waals surface area contributed by atoms with Gasteiger partial charge in [-0.1, -0.05) is 18.2 Å². The van der Waals surface area contributed by atoms with E-state index in [1.54, 1.807) is 4.90 Å². The molecule has 26 heavy (non-hydrogen) atoms. The van der Waals surface area contributed by atoms with Gasteiger partial charge in [-0.25, -0.2) is 0 Å². The second kappa shape index (κ2) is 7.76. The zero-order valence-electron chi connectivity index (χ0n) is 15.3. The van der Waals surface area contributed by atoms with Crippen molar-refractivity contribution in [2.75, 3.05) is 45.8 Å². The maximum atomic E-state index is 13.1. The van der Waals surface area contributed by atoms with Crippen molar-refractivity contribution in [3.05, 3.63) is 35.9 Å². The highest BCUT2D eigenvalue weighted by Gasteiger charge is 2.39. The molecule has 3 heterocycles. The lowest BCUT2D eigenvalue weighted by Crippen LogP contribution is -2.51. The Morgan fingerprint density at radius 1 is 0.962 bits per heavy atom. The Morgan fingerprint density at radius 2 is 1.73 bits per heavy atom. The molecule has 1 aromatic carbocycles. The average Bonchev–Trinajstić information content (AvgIpc) is 3.38. The predicted molar refractivity (Wildman–Crippen MR) is 99.9 cm³/mol. The summed E-state index contributed by atoms with van der Waals surface area (Å²) in [7, 11) is 0. The van der Waals surface area contributed by atoms with E-state index in [4.69, 9.17) is 0 Å². The molecule has 0 saturated carbocycles. The van der Waals surface area contributed by atoms with Crippen LogP contribution in [-0.4, -0.2) is 84.4 Å². The third-order valence-electron chi connectivity index (χ3n) is 5.96. The molecular formula is C20H28N4O2. The molecule has 2 amide bonds. The van der Waals surface area contributed by atoms with Crippen LogP contribution in [0.2, 0.25) is 0 Å². The molecule has 140 valence electrons. The first-order valence-electron chi connectivity index (χ1n) is 9.83. The summed E-state index contributed by atoms with van der Waals surface area (Å²) >= 11 is 0. The van der Waals surface area contributed by atoms with Gasteiger partial charge in [0, 0.05) is 57.4 Å². The van der Waals surface area contributed by atoms with Gasteiger partial charge in [-0.2, -0.15) is 0 Å². The van der Waals surface area contributed by atoms with E-state index in [0.717, 1.165) is 58.5 Å². The van der Waals surface area contributed by atoms with Gasteiger partial charge in [0.05, 0.1) is 0 Å². The van der Waals surface area contributed by atoms with Crippen LogP contribution >= 0.6 is 0 Å². The molecule has 2 unspecified atom stereocenters. The van der Waals surface area contributed by atoms with Crippen molar-refractivity contribution in [3.63, 3.8) is 0 Å². The van der Waals surface area contributed by atoms with Crippen LogP contribution < -0.4 is 5.32 Å². The van der Waals surface area contributed by atoms with Crippen LogP contribution in [0.5, 0.6) is 0 Å². The first-order valence-corrected chi connectivity index (χ1v) is 9.83. The molecule has 0 radical (unpaired) electrons. The fourth-order valence-electron chi connectivity index (χ4n) is 4.51. The van der Waals surface area contributed by atoms with E-state index in [1.165, 1.54) is 0 Å². The Balaban J connectivity index is 1.40. The molecule has 1 N–H and O–H groups in total. The van der Waals surface area contributed by atoms with Gasteiger partial charge in [-0.05, 0) is 31.4 Å². The average molecular weight is 356 g/mol. The normalized spacial score (nSPS) is 27.1. The maximum absolute atomic E-state index is 13.1. The van der Waals surface area contributed by atoms with Crippen LogP contribution in [0.4, 0.5) is 0 Å². The fraction of sp³-hybridized carbons (Fsp3) is 0.600. The monoisotopic (exact) mass is 356 g/mol. The number of hydrogen-bond donors (Lipinski definition) is 1. The largest absolute Gasteiger partial charge is 0.339 e. The minimum atomic E-state index is -0.288. The van der Waals surface area contributed by atoms with Crippen LogP contribution in [0.25, 0.3) is 0 Å². The maximum Gasteiger partial charge on any atom is 0.254 e. The molecular weight excluding hydrogens is 328 g/mol. The number of nitrogens with one attached hydrogen (secondary N) is 1. The smallest absolute Gasteiger partial charge is 0.254 e. The van der Waals surface area contributed by atoms with Gasteiger partial charge >= 0.3 is 0 Å². The topological polar surface area (TPSA) is 55.9 Å². The summed E-state index contributed by atoms with van der Waals surface area (Å²) in [6.07, 6.45) is 2.74. The summed E-state index contributed by atoms with van der Waals surface area (Å²) in [6.45, 7) is 6.50. The molecule has 3 fully saturated rings. The summed E-state index contributed by atoms with van der Waals surface area (Å²) in [5, 5.41) is 3.38. The molecule has 0 bridgehead atoms. The second-order valence-electron chi connectivity index (χ2n) is 7.54. The number of piperazine rings is 1. The minimum absolute atomic E-state index is 0.0145. The standard InChI is InChI=1S/C20H28N4O2/c25-19(16-5-2-1-3-6-16)24-11-4-7-18(24)20(26)23-12-8-17(15-23)22-13-9-21-10-14-22/h1-3,5-6,17-18,21H,4,7-15H2. The number of hydrogen-bond acceptors (Lipinski definition) is 4. The van der Waals surface area contributed by atoms with E-state index in [1.807, 2.05) is 35.2 Å². The van der Waals surface area contributed by atoms with Gasteiger partial charge in [0.25, 0.3) is 5.91 Å². The second-order valence-corrected chi connectivity index (χ2v) is 7.54. The third kappa shape index (κ3) is 3.48. The molecule has 3 aliphatic rings. The zero-order valence-corrected chi connectivity index (χ0v) is 15.3. The lowest BCUT2D eigenvalue weighted by molar-refractivity contribution is -0.134. The highest BCUT2D eigenvalue weighted by molar-refractivity contribution is 5.98. The zero-order chi connectivity index (χ0) is 17.9. The van der Waals surface area contributed by atoms with E-state index in [2.05, 4.69) is 10.2 Å². The summed E-state index contributed by atoms with van der Waals surface area (Å²) in [4.78, 5) is 32.2. The molecule has 1 aromatic rings. The Kier molecular flexibility index (Phi) is 5.22. The van der Waals surface area contributed by atoms with Crippen molar-refractivity contribution < 1.29 is 9.59 Å². The van der Waals surface area contributed by atoms with E-state index >= 15 is 0 Å². The van der Waals surface area contributed by atoms with Crippen molar-refractivity contribution in [1.29, 1.82) is 0 Å². The summed E-state index contributed by atoms with van der Waals surface area (Å²) in [5.74, 6) is 0.128. The van der Waals surface area contributed by atoms with E-state index in [0.29, 0.717) is 18.2 Å². The predicted octanol–water partition coefficient (Wildman–Crippen LogP) is 0.797. The van der Waals surface area contributed by atoms with Crippen molar-refractivity contribution in [3.8, 4) is 0 Å². The Morgan fingerprint density at radius 3 is 2.50 bits per heavy atom. The SMILES string of the molecule is O=C(C1CCCN1C(=O)c1ccccc1)N1CCC(N2CCNCC2)C1. The molecule has 0 spiro atoms. The first kappa shape index (κ1) is 17.5. The van der Waals surface area contributed by atoms with Crippen molar-refractivity contribution in [2.45, 2.75) is 31.3 Å². The number of benzene rings is 1. The highest BCUT2D eigenvalue weighted by Crippen LogP contribution is 2.25. The summed E-state index contributed by atoms with van der Waals surface area (Å²) in [5.41, 5.74) is 0.673. The lowest BCUT2D eigenvalue weighted by atomic mass is 10.1. The van der Waals surface area contributed by atoms with Crippen LogP contribution in [0, 0.1) is 0 Å². The van der Waals surface area contributed by atoms with Crippen LogP contribution in [0.3, 0.4) is 0 Å². The first-order chi connectivity index (χ1) is 12.7. The van der Waals surface area contributed by atoms with Gasteiger partial charge < -0.3 is 15.1 Å². The molecule has 6 heteroatoms. The lowest BCUT2D eigenvalue weighted by Gasteiger charge is -2.33. The third-order valence-corrected chi connectivity index (χ3v) is 5.96. The van der Waals surface area contributed by atoms with Gasteiger partial charge in [-0.15, -0.1) is 0 Å². The van der Waals surface area contributed by atoms with E-state index in [9.17, 15) is 9.59 Å². The molecule has 4 rings (SSSR count). The molecule has 2 atom stereocenters. The highest BCUT2D eigenvalue weighted by atomic mass is 16.2. The van der Waals surface area contributed by atoms with Crippen molar-refractivity contribution >= 4 is 11.8 Å². The number of likely N-dealkylation sites (tertiary alicyclic amines) is 2. The Labute approximate surface area is 155 Å². The van der Waals surface area contributed by atoms with Crippen LogP contribution in [0.15, 0.2) is 30.3 Å².